The van der Waals surface area contributed by atoms with Crippen LogP contribution in [-0.4, -0.2) is 23.8 Å². The summed E-state index contributed by atoms with van der Waals surface area (Å²) < 4.78 is 13.5. The van der Waals surface area contributed by atoms with E-state index in [2.05, 4.69) is 15.6 Å². The average Bonchev–Trinajstić information content (AvgIpc) is 2.49. The largest absolute Gasteiger partial charge is 0.355 e. The van der Waals surface area contributed by atoms with Gasteiger partial charge in [0, 0.05) is 24.5 Å². The lowest BCUT2D eigenvalue weighted by atomic mass is 10.1. The molecule has 0 unspecified atom stereocenters. The van der Waals surface area contributed by atoms with Crippen LogP contribution in [0, 0.1) is 12.9 Å². The van der Waals surface area contributed by atoms with E-state index in [-0.39, 0.29) is 11.5 Å². The lowest BCUT2D eigenvalue weighted by molar-refractivity contribution is 0.0961. The Balaban J connectivity index is 2.29. The predicted octanol–water partition coefficient (Wildman–Crippen LogP) is 2.14. The van der Waals surface area contributed by atoms with Crippen molar-refractivity contribution < 1.29 is 14.0 Å². The highest BCUT2D eigenvalue weighted by molar-refractivity contribution is 6.05. The maximum atomic E-state index is 13.5. The van der Waals surface area contributed by atoms with E-state index in [0.29, 0.717) is 11.3 Å². The number of nitrogens with zero attached hydrogens (tertiary/aromatic N) is 1. The third-order valence-corrected chi connectivity index (χ3v) is 2.98. The number of hydrogen-bond donors (Lipinski definition) is 2. The molecule has 21 heavy (non-hydrogen) atoms. The van der Waals surface area contributed by atoms with Crippen LogP contribution in [0.1, 0.15) is 26.3 Å². The molecular formula is C15H14FN3O2. The van der Waals surface area contributed by atoms with Crippen LogP contribution in [0.15, 0.2) is 36.5 Å². The van der Waals surface area contributed by atoms with Crippen molar-refractivity contribution in [3.63, 3.8) is 0 Å². The van der Waals surface area contributed by atoms with Crippen molar-refractivity contribution in [3.05, 3.63) is 59.2 Å². The summed E-state index contributed by atoms with van der Waals surface area (Å²) >= 11 is 0. The maximum Gasteiger partial charge on any atom is 0.260 e. The molecule has 0 aliphatic carbocycles. The van der Waals surface area contributed by atoms with Crippen molar-refractivity contribution >= 4 is 17.5 Å². The van der Waals surface area contributed by atoms with Crippen molar-refractivity contribution in [2.75, 3.05) is 12.4 Å². The van der Waals surface area contributed by atoms with Gasteiger partial charge in [-0.05, 0) is 36.8 Å². The summed E-state index contributed by atoms with van der Waals surface area (Å²) in [7, 11) is 1.52. The van der Waals surface area contributed by atoms with Crippen LogP contribution >= 0.6 is 0 Å². The highest BCUT2D eigenvalue weighted by atomic mass is 19.1. The number of hydrogen-bond acceptors (Lipinski definition) is 3. The van der Waals surface area contributed by atoms with E-state index in [1.54, 1.807) is 25.1 Å². The zero-order chi connectivity index (χ0) is 15.4. The Bertz CT molecular complexity index is 701. The molecule has 2 amide bonds. The Kier molecular flexibility index (Phi) is 4.27. The second kappa shape index (κ2) is 6.13. The molecule has 5 nitrogen and oxygen atoms in total. The number of aromatic nitrogens is 1. The Labute approximate surface area is 121 Å². The molecule has 0 spiro atoms. The number of nitrogens with one attached hydrogen (secondary N) is 2. The zero-order valence-electron chi connectivity index (χ0n) is 11.6. The van der Waals surface area contributed by atoms with Crippen LogP contribution in [0.4, 0.5) is 10.1 Å². The molecule has 0 bridgehead atoms. The van der Waals surface area contributed by atoms with Crippen LogP contribution in [0.25, 0.3) is 0 Å². The number of pyridine rings is 1. The van der Waals surface area contributed by atoms with Gasteiger partial charge in [-0.2, -0.15) is 4.39 Å². The molecule has 0 aliphatic heterocycles. The second-order valence-corrected chi connectivity index (χ2v) is 4.40. The second-order valence-electron chi connectivity index (χ2n) is 4.40. The Morgan fingerprint density at radius 2 is 1.95 bits per heavy atom. The molecule has 108 valence electrons. The van der Waals surface area contributed by atoms with Gasteiger partial charge in [-0.3, -0.25) is 9.59 Å². The first-order valence-corrected chi connectivity index (χ1v) is 6.27. The number of amides is 2. The summed E-state index contributed by atoms with van der Waals surface area (Å²) in [4.78, 5) is 27.1. The van der Waals surface area contributed by atoms with E-state index in [4.69, 9.17) is 0 Å². The third-order valence-electron chi connectivity index (χ3n) is 2.98. The van der Waals surface area contributed by atoms with Gasteiger partial charge in [0.1, 0.15) is 0 Å². The smallest absolute Gasteiger partial charge is 0.260 e. The van der Waals surface area contributed by atoms with Crippen molar-refractivity contribution in [2.24, 2.45) is 0 Å². The average molecular weight is 287 g/mol. The number of anilines is 1. The van der Waals surface area contributed by atoms with Crippen molar-refractivity contribution in [1.82, 2.24) is 10.3 Å². The van der Waals surface area contributed by atoms with Crippen molar-refractivity contribution in [1.29, 1.82) is 0 Å². The van der Waals surface area contributed by atoms with Crippen LogP contribution in [0.3, 0.4) is 0 Å². The zero-order valence-corrected chi connectivity index (χ0v) is 11.6. The normalized spacial score (nSPS) is 10.0. The molecule has 0 aliphatic rings. The minimum Gasteiger partial charge on any atom is -0.355 e. The van der Waals surface area contributed by atoms with Gasteiger partial charge in [-0.25, -0.2) is 4.98 Å². The summed E-state index contributed by atoms with van der Waals surface area (Å²) in [6.07, 6.45) is 1.27. The lowest BCUT2D eigenvalue weighted by Crippen LogP contribution is -2.19. The van der Waals surface area contributed by atoms with E-state index < -0.39 is 11.9 Å². The first-order chi connectivity index (χ1) is 10.0. The predicted molar refractivity (Wildman–Crippen MR) is 76.7 cm³/mol. The van der Waals surface area contributed by atoms with Crippen LogP contribution in [-0.2, 0) is 0 Å². The molecule has 0 saturated heterocycles. The van der Waals surface area contributed by atoms with Crippen molar-refractivity contribution in [2.45, 2.75) is 6.92 Å². The van der Waals surface area contributed by atoms with Crippen LogP contribution < -0.4 is 10.6 Å². The minimum atomic E-state index is -0.838. The van der Waals surface area contributed by atoms with Gasteiger partial charge in [-0.15, -0.1) is 0 Å². The van der Waals surface area contributed by atoms with Gasteiger partial charge in [0.15, 0.2) is 0 Å². The number of carbonyl (C=O) groups is 2. The summed E-state index contributed by atoms with van der Waals surface area (Å²) in [5.41, 5.74) is 1.47. The van der Waals surface area contributed by atoms with Gasteiger partial charge in [0.05, 0.1) is 5.56 Å². The fraction of sp³-hybridized carbons (Fsp3) is 0.133. The van der Waals surface area contributed by atoms with Crippen LogP contribution in [0.5, 0.6) is 0 Å². The molecule has 2 rings (SSSR count). The van der Waals surface area contributed by atoms with Crippen LogP contribution in [0.2, 0.25) is 0 Å². The number of aryl methyl sites for hydroxylation is 1. The van der Waals surface area contributed by atoms with Gasteiger partial charge in [0.2, 0.25) is 5.95 Å². The molecule has 0 fully saturated rings. The Morgan fingerprint density at radius 1 is 1.19 bits per heavy atom. The Hall–Kier alpha value is -2.76. The monoisotopic (exact) mass is 287 g/mol. The van der Waals surface area contributed by atoms with Crippen molar-refractivity contribution in [3.8, 4) is 0 Å². The molecule has 6 heteroatoms. The topological polar surface area (TPSA) is 71.1 Å². The molecule has 2 aromatic rings. The van der Waals surface area contributed by atoms with Gasteiger partial charge < -0.3 is 10.6 Å². The summed E-state index contributed by atoms with van der Waals surface area (Å²) in [5, 5.41) is 5.09. The molecule has 0 saturated carbocycles. The number of carbonyl (C=O) groups excluding carboxylic acids is 2. The highest BCUT2D eigenvalue weighted by Crippen LogP contribution is 2.18. The van der Waals surface area contributed by atoms with E-state index in [0.717, 1.165) is 5.56 Å². The van der Waals surface area contributed by atoms with Gasteiger partial charge in [0.25, 0.3) is 11.8 Å². The first-order valence-electron chi connectivity index (χ1n) is 6.27. The number of benzene rings is 1. The van der Waals surface area contributed by atoms with Gasteiger partial charge in [-0.1, -0.05) is 6.07 Å². The number of halogens is 1. The molecule has 1 aromatic heterocycles. The summed E-state index contributed by atoms with van der Waals surface area (Å²) in [5.74, 6) is -1.72. The molecular weight excluding hydrogens is 273 g/mol. The standard InChI is InChI=1S/C15H14FN3O2/c1-9-5-6-10(14(20)17-2)8-12(9)19-15(21)11-4-3-7-18-13(11)16/h3-8H,1-2H3,(H,17,20)(H,19,21). The Morgan fingerprint density at radius 3 is 2.62 bits per heavy atom. The lowest BCUT2D eigenvalue weighted by Gasteiger charge is -2.10. The van der Waals surface area contributed by atoms with Gasteiger partial charge >= 0.3 is 0 Å². The summed E-state index contributed by atoms with van der Waals surface area (Å²) in [6, 6.07) is 7.72. The summed E-state index contributed by atoms with van der Waals surface area (Å²) in [6.45, 7) is 1.78. The molecule has 1 aromatic carbocycles. The molecule has 0 atom stereocenters. The quantitative estimate of drug-likeness (QED) is 0.850. The molecule has 1 heterocycles. The fourth-order valence-electron chi connectivity index (χ4n) is 1.79. The number of rotatable bonds is 3. The highest BCUT2D eigenvalue weighted by Gasteiger charge is 2.14. The van der Waals surface area contributed by atoms with E-state index >= 15 is 0 Å². The minimum absolute atomic E-state index is 0.151. The first kappa shape index (κ1) is 14.6. The molecule has 2 N–H and O–H groups in total. The molecule has 0 radical (unpaired) electrons. The fourth-order valence-corrected chi connectivity index (χ4v) is 1.79. The SMILES string of the molecule is CNC(=O)c1ccc(C)c(NC(=O)c2cccnc2F)c1. The van der Waals surface area contributed by atoms with E-state index in [1.807, 2.05) is 0 Å². The maximum absolute atomic E-state index is 13.5. The van der Waals surface area contributed by atoms with E-state index in [1.165, 1.54) is 25.4 Å². The van der Waals surface area contributed by atoms with E-state index in [9.17, 15) is 14.0 Å². The third kappa shape index (κ3) is 3.22.